The van der Waals surface area contributed by atoms with Crippen LogP contribution in [0, 0.1) is 0 Å². The highest BCUT2D eigenvalue weighted by molar-refractivity contribution is 7.25. The van der Waals surface area contributed by atoms with Crippen molar-refractivity contribution in [3.8, 4) is 11.1 Å². The van der Waals surface area contributed by atoms with Gasteiger partial charge in [0.2, 0.25) is 0 Å². The van der Waals surface area contributed by atoms with Crippen molar-refractivity contribution in [2.75, 3.05) is 9.80 Å². The quantitative estimate of drug-likeness (QED) is 0.184. The molecule has 8 aromatic rings. The monoisotopic (exact) mass is 674 g/mol. The summed E-state index contributed by atoms with van der Waals surface area (Å²) in [5.41, 5.74) is 14.8. The summed E-state index contributed by atoms with van der Waals surface area (Å²) >= 11 is 1.87. The van der Waals surface area contributed by atoms with Crippen LogP contribution >= 0.6 is 11.3 Å². The van der Waals surface area contributed by atoms with E-state index in [-0.39, 0.29) is 10.8 Å². The second-order valence-electron chi connectivity index (χ2n) is 15.0. The van der Waals surface area contributed by atoms with E-state index >= 15 is 0 Å². The maximum absolute atomic E-state index is 2.48. The van der Waals surface area contributed by atoms with Gasteiger partial charge >= 0.3 is 0 Å². The van der Waals surface area contributed by atoms with Gasteiger partial charge in [0.05, 0.1) is 22.7 Å². The molecular formula is C48H38N2S. The van der Waals surface area contributed by atoms with Crippen molar-refractivity contribution in [3.63, 3.8) is 0 Å². The molecule has 0 unspecified atom stereocenters. The molecule has 0 N–H and O–H groups in total. The van der Waals surface area contributed by atoms with Crippen molar-refractivity contribution < 1.29 is 0 Å². The van der Waals surface area contributed by atoms with Crippen molar-refractivity contribution >= 4 is 65.6 Å². The molecule has 0 atom stereocenters. The van der Waals surface area contributed by atoms with Gasteiger partial charge in [0.1, 0.15) is 0 Å². The largest absolute Gasteiger partial charge is 0.310 e. The van der Waals surface area contributed by atoms with E-state index in [2.05, 4.69) is 195 Å². The Balaban J connectivity index is 1.14. The molecule has 0 radical (unpaired) electrons. The number of hydrogen-bond acceptors (Lipinski definition) is 3. The molecule has 0 amide bonds. The number of benzene rings is 7. The molecule has 0 saturated heterocycles. The second-order valence-corrected chi connectivity index (χ2v) is 16.1. The van der Waals surface area contributed by atoms with E-state index in [0.717, 1.165) is 0 Å². The molecule has 3 heterocycles. The summed E-state index contributed by atoms with van der Waals surface area (Å²) in [7, 11) is 0. The normalized spacial score (nSPS) is 15.3. The Morgan fingerprint density at radius 2 is 0.863 bits per heavy atom. The molecular weight excluding hydrogens is 637 g/mol. The first-order valence-corrected chi connectivity index (χ1v) is 18.7. The Hall–Kier alpha value is -5.64. The molecule has 1 aromatic heterocycles. The number of thiophene rings is 1. The van der Waals surface area contributed by atoms with Crippen LogP contribution in [0.1, 0.15) is 49.9 Å². The fraction of sp³-hybridized carbons (Fsp3) is 0.125. The summed E-state index contributed by atoms with van der Waals surface area (Å²) in [6.45, 7) is 9.50. The number of hydrogen-bond donors (Lipinski definition) is 0. The van der Waals surface area contributed by atoms with E-state index < -0.39 is 0 Å². The first-order chi connectivity index (χ1) is 24.8. The average molecular weight is 675 g/mol. The maximum Gasteiger partial charge on any atom is 0.0503 e. The molecule has 2 aliphatic rings. The maximum atomic E-state index is 2.48. The van der Waals surface area contributed by atoms with Crippen molar-refractivity contribution in [3.05, 3.63) is 180 Å². The first kappa shape index (κ1) is 30.2. The number of anilines is 6. The third kappa shape index (κ3) is 4.41. The van der Waals surface area contributed by atoms with Gasteiger partial charge in [0, 0.05) is 42.4 Å². The molecule has 0 bridgehead atoms. The SMILES string of the molecule is CC1(C)c2ccccc2N(c2ccccc2)c2ccc(-c3ccc4c(c3)C(C)(C)c3ccccc3N4c3ccc4sc5ccccc5c4c3)cc21. The van der Waals surface area contributed by atoms with E-state index in [0.29, 0.717) is 0 Å². The second kappa shape index (κ2) is 10.9. The zero-order valence-corrected chi connectivity index (χ0v) is 30.1. The fourth-order valence-corrected chi connectivity index (χ4v) is 9.84. The lowest BCUT2D eigenvalue weighted by Gasteiger charge is -2.43. The van der Waals surface area contributed by atoms with Crippen molar-refractivity contribution in [1.29, 1.82) is 0 Å². The summed E-state index contributed by atoms with van der Waals surface area (Å²) < 4.78 is 2.66. The van der Waals surface area contributed by atoms with Crippen LogP contribution in [0.15, 0.2) is 158 Å². The van der Waals surface area contributed by atoms with E-state index in [1.54, 1.807) is 0 Å². The Morgan fingerprint density at radius 3 is 1.49 bits per heavy atom. The van der Waals surface area contributed by atoms with Gasteiger partial charge in [0.25, 0.3) is 0 Å². The molecule has 0 spiro atoms. The molecule has 0 fully saturated rings. The molecule has 7 aromatic carbocycles. The van der Waals surface area contributed by atoms with Crippen LogP contribution in [0.3, 0.4) is 0 Å². The van der Waals surface area contributed by atoms with Crippen LogP contribution < -0.4 is 9.80 Å². The first-order valence-electron chi connectivity index (χ1n) is 17.9. The smallest absolute Gasteiger partial charge is 0.0503 e. The van der Waals surface area contributed by atoms with E-state index in [4.69, 9.17) is 0 Å². The van der Waals surface area contributed by atoms with Crippen molar-refractivity contribution in [2.45, 2.75) is 38.5 Å². The third-order valence-corrected chi connectivity index (χ3v) is 12.6. The zero-order valence-electron chi connectivity index (χ0n) is 29.3. The lowest BCUT2D eigenvalue weighted by Crippen LogP contribution is -2.31. The summed E-state index contributed by atoms with van der Waals surface area (Å²) in [5, 5.41) is 2.64. The van der Waals surface area contributed by atoms with Gasteiger partial charge in [-0.1, -0.05) is 113 Å². The summed E-state index contributed by atoms with van der Waals surface area (Å²) in [4.78, 5) is 4.91. The standard InChI is InChI=1S/C48H38N2S/c1-47(2)37-17-9-11-19-41(37)49(33-14-6-5-7-15-33)43-25-22-31(28-39(43)47)32-23-26-44-40(29-32)48(3,4)38-18-10-12-20-42(38)50(44)34-24-27-46-36(30-34)35-16-8-13-21-45(35)51-46/h5-30H,1-4H3. The minimum atomic E-state index is -0.186. The van der Waals surface area contributed by atoms with Gasteiger partial charge in [0.15, 0.2) is 0 Å². The Kier molecular flexibility index (Phi) is 6.47. The van der Waals surface area contributed by atoms with E-state index in [1.165, 1.54) is 87.7 Å². The summed E-state index contributed by atoms with van der Waals surface area (Å²) in [6, 6.07) is 58.6. The van der Waals surface area contributed by atoms with Gasteiger partial charge in [-0.05, 0) is 106 Å². The third-order valence-electron chi connectivity index (χ3n) is 11.4. The van der Waals surface area contributed by atoms with Gasteiger partial charge in [-0.3, -0.25) is 0 Å². The highest BCUT2D eigenvalue weighted by atomic mass is 32.1. The topological polar surface area (TPSA) is 6.48 Å². The van der Waals surface area contributed by atoms with Gasteiger partial charge < -0.3 is 9.80 Å². The predicted molar refractivity (Wildman–Crippen MR) is 218 cm³/mol. The predicted octanol–water partition coefficient (Wildman–Crippen LogP) is 13.9. The highest BCUT2D eigenvalue weighted by Crippen LogP contribution is 2.55. The van der Waals surface area contributed by atoms with Gasteiger partial charge in [-0.25, -0.2) is 0 Å². The average Bonchev–Trinajstić information content (AvgIpc) is 3.54. The molecule has 3 heteroatoms. The van der Waals surface area contributed by atoms with Gasteiger partial charge in [-0.2, -0.15) is 0 Å². The summed E-state index contributed by atoms with van der Waals surface area (Å²) in [6.07, 6.45) is 0. The molecule has 2 nitrogen and oxygen atoms in total. The van der Waals surface area contributed by atoms with E-state index in [9.17, 15) is 0 Å². The fourth-order valence-electron chi connectivity index (χ4n) is 8.75. The minimum Gasteiger partial charge on any atom is -0.310 e. The van der Waals surface area contributed by atoms with Crippen LogP contribution in [-0.4, -0.2) is 0 Å². The Bertz CT molecular complexity index is 2660. The zero-order chi connectivity index (χ0) is 34.5. The lowest BCUT2D eigenvalue weighted by atomic mass is 9.71. The number of fused-ring (bicyclic) bond motifs is 7. The molecule has 10 rings (SSSR count). The lowest BCUT2D eigenvalue weighted by molar-refractivity contribution is 0.631. The molecule has 246 valence electrons. The highest BCUT2D eigenvalue weighted by Gasteiger charge is 2.39. The van der Waals surface area contributed by atoms with Gasteiger partial charge in [-0.15, -0.1) is 11.3 Å². The minimum absolute atomic E-state index is 0.166. The molecule has 2 aliphatic heterocycles. The molecule has 0 saturated carbocycles. The van der Waals surface area contributed by atoms with Crippen LogP contribution in [0.2, 0.25) is 0 Å². The summed E-state index contributed by atoms with van der Waals surface area (Å²) in [5.74, 6) is 0. The van der Waals surface area contributed by atoms with Crippen LogP contribution in [0.25, 0.3) is 31.3 Å². The van der Waals surface area contributed by atoms with Crippen LogP contribution in [0.4, 0.5) is 34.1 Å². The molecule has 51 heavy (non-hydrogen) atoms. The number of nitrogens with zero attached hydrogens (tertiary/aromatic N) is 2. The molecule has 0 aliphatic carbocycles. The number of rotatable bonds is 3. The Labute approximate surface area is 303 Å². The van der Waals surface area contributed by atoms with Crippen LogP contribution in [0.5, 0.6) is 0 Å². The van der Waals surface area contributed by atoms with Crippen molar-refractivity contribution in [2.24, 2.45) is 0 Å². The van der Waals surface area contributed by atoms with E-state index in [1.807, 2.05) is 11.3 Å². The number of para-hydroxylation sites is 3. The van der Waals surface area contributed by atoms with Crippen LogP contribution in [-0.2, 0) is 10.8 Å². The Morgan fingerprint density at radius 1 is 0.373 bits per heavy atom. The van der Waals surface area contributed by atoms with Crippen molar-refractivity contribution in [1.82, 2.24) is 0 Å².